The molecule has 0 spiro atoms. The van der Waals surface area contributed by atoms with Crippen LogP contribution in [-0.2, 0) is 16.0 Å². The van der Waals surface area contributed by atoms with Gasteiger partial charge in [-0.15, -0.1) is 0 Å². The zero-order chi connectivity index (χ0) is 15.0. The van der Waals surface area contributed by atoms with E-state index < -0.39 is 0 Å². The minimum Gasteiger partial charge on any atom is -0.399 e. The Morgan fingerprint density at radius 3 is 2.65 bits per heavy atom. The lowest BCUT2D eigenvalue weighted by Crippen LogP contribution is -2.42. The predicted octanol–water partition coefficient (Wildman–Crippen LogP) is 2.38. The van der Waals surface area contributed by atoms with Crippen molar-refractivity contribution < 1.29 is 9.53 Å². The predicted molar refractivity (Wildman–Crippen MR) is 82.4 cm³/mol. The van der Waals surface area contributed by atoms with Gasteiger partial charge in [-0.1, -0.05) is 32.0 Å². The summed E-state index contributed by atoms with van der Waals surface area (Å²) in [6.07, 6.45) is 1.11. The molecule has 0 aliphatic rings. The van der Waals surface area contributed by atoms with Crippen LogP contribution in [0.5, 0.6) is 0 Å². The van der Waals surface area contributed by atoms with Crippen molar-refractivity contribution in [3.05, 3.63) is 29.8 Å². The van der Waals surface area contributed by atoms with Crippen molar-refractivity contribution in [2.75, 3.05) is 18.9 Å². The van der Waals surface area contributed by atoms with Gasteiger partial charge in [-0.25, -0.2) is 0 Å². The fraction of sp³-hybridized carbons (Fsp3) is 0.562. The molecule has 0 fully saturated rings. The Morgan fingerprint density at radius 2 is 2.05 bits per heavy atom. The highest BCUT2D eigenvalue weighted by molar-refractivity contribution is 5.76. The lowest BCUT2D eigenvalue weighted by atomic mass is 10.0. The summed E-state index contributed by atoms with van der Waals surface area (Å²) in [7, 11) is 0. The van der Waals surface area contributed by atoms with Crippen LogP contribution in [0.1, 0.15) is 32.8 Å². The number of amides is 1. The summed E-state index contributed by atoms with van der Waals surface area (Å²) in [4.78, 5) is 12.0. The number of nitrogens with two attached hydrogens (primary N) is 1. The van der Waals surface area contributed by atoms with Crippen molar-refractivity contribution in [1.82, 2.24) is 5.32 Å². The van der Waals surface area contributed by atoms with Crippen LogP contribution in [0.3, 0.4) is 0 Å². The van der Waals surface area contributed by atoms with Crippen molar-refractivity contribution >= 4 is 11.6 Å². The second kappa shape index (κ2) is 8.59. The zero-order valence-corrected chi connectivity index (χ0v) is 12.7. The van der Waals surface area contributed by atoms with E-state index in [1.54, 1.807) is 0 Å². The average Bonchev–Trinajstić information content (AvgIpc) is 2.42. The average molecular weight is 278 g/mol. The third-order valence-corrected chi connectivity index (χ3v) is 3.33. The molecule has 1 aromatic carbocycles. The van der Waals surface area contributed by atoms with E-state index in [-0.39, 0.29) is 11.9 Å². The highest BCUT2D eigenvalue weighted by atomic mass is 16.5. The minimum absolute atomic E-state index is 0.0478. The van der Waals surface area contributed by atoms with Gasteiger partial charge in [0.15, 0.2) is 0 Å². The number of ether oxygens (including phenoxy) is 1. The van der Waals surface area contributed by atoms with Gasteiger partial charge < -0.3 is 15.8 Å². The molecular formula is C16H26N2O2. The van der Waals surface area contributed by atoms with Gasteiger partial charge in [-0.3, -0.25) is 4.79 Å². The Morgan fingerprint density at radius 1 is 1.35 bits per heavy atom. The summed E-state index contributed by atoms with van der Waals surface area (Å²) in [5.74, 6) is 0.402. The molecule has 4 heteroatoms. The molecule has 20 heavy (non-hydrogen) atoms. The molecule has 0 heterocycles. The maximum atomic E-state index is 12.0. The second-order valence-electron chi connectivity index (χ2n) is 5.28. The minimum atomic E-state index is 0.0478. The number of anilines is 1. The Hall–Kier alpha value is -1.55. The first-order chi connectivity index (χ1) is 9.54. The largest absolute Gasteiger partial charge is 0.399 e. The molecule has 0 aromatic heterocycles. The topological polar surface area (TPSA) is 64.3 Å². The maximum Gasteiger partial charge on any atom is 0.220 e. The third-order valence-electron chi connectivity index (χ3n) is 3.33. The van der Waals surface area contributed by atoms with E-state index in [0.29, 0.717) is 32.0 Å². The van der Waals surface area contributed by atoms with Crippen molar-refractivity contribution in [3.8, 4) is 0 Å². The molecule has 0 saturated carbocycles. The molecule has 0 bridgehead atoms. The number of para-hydroxylation sites is 1. The standard InChI is InChI=1S/C16H26N2O2/c1-4-20-11-15(12(2)3)18-16(19)10-9-13-7-5-6-8-14(13)17/h5-8,12,15H,4,9-11,17H2,1-3H3,(H,18,19). The molecule has 0 saturated heterocycles. The van der Waals surface area contributed by atoms with Crippen LogP contribution in [-0.4, -0.2) is 25.2 Å². The quantitative estimate of drug-likeness (QED) is 0.718. The Labute approximate surface area is 121 Å². The van der Waals surface area contributed by atoms with Gasteiger partial charge in [0.1, 0.15) is 0 Å². The normalized spacial score (nSPS) is 12.4. The van der Waals surface area contributed by atoms with Gasteiger partial charge in [-0.05, 0) is 30.9 Å². The molecule has 1 rings (SSSR count). The second-order valence-corrected chi connectivity index (χ2v) is 5.28. The molecule has 112 valence electrons. The van der Waals surface area contributed by atoms with Gasteiger partial charge in [-0.2, -0.15) is 0 Å². The SMILES string of the molecule is CCOCC(NC(=O)CCc1ccccc1N)C(C)C. The Balaban J connectivity index is 2.44. The Kier molecular flexibility index (Phi) is 7.09. The number of nitrogen functional groups attached to an aromatic ring is 1. The highest BCUT2D eigenvalue weighted by Crippen LogP contribution is 2.12. The van der Waals surface area contributed by atoms with Crippen LogP contribution >= 0.6 is 0 Å². The van der Waals surface area contributed by atoms with Crippen LogP contribution in [0.15, 0.2) is 24.3 Å². The number of hydrogen-bond donors (Lipinski definition) is 2. The van der Waals surface area contributed by atoms with Crippen LogP contribution in [0.2, 0.25) is 0 Å². The first-order valence-electron chi connectivity index (χ1n) is 7.25. The van der Waals surface area contributed by atoms with Crippen LogP contribution in [0.25, 0.3) is 0 Å². The summed E-state index contributed by atoms with van der Waals surface area (Å²) in [5, 5.41) is 3.04. The summed E-state index contributed by atoms with van der Waals surface area (Å²) in [6.45, 7) is 7.35. The van der Waals surface area contributed by atoms with Crippen molar-refractivity contribution in [2.24, 2.45) is 5.92 Å². The van der Waals surface area contributed by atoms with Gasteiger partial charge in [0.2, 0.25) is 5.91 Å². The molecular weight excluding hydrogens is 252 g/mol. The lowest BCUT2D eigenvalue weighted by Gasteiger charge is -2.22. The van der Waals surface area contributed by atoms with Crippen molar-refractivity contribution in [2.45, 2.75) is 39.7 Å². The van der Waals surface area contributed by atoms with E-state index in [1.807, 2.05) is 31.2 Å². The number of carbonyl (C=O) groups is 1. The summed E-state index contributed by atoms with van der Waals surface area (Å²) < 4.78 is 5.41. The number of benzene rings is 1. The number of nitrogens with one attached hydrogen (secondary N) is 1. The summed E-state index contributed by atoms with van der Waals surface area (Å²) in [5.41, 5.74) is 7.64. The van der Waals surface area contributed by atoms with Crippen LogP contribution in [0.4, 0.5) is 5.69 Å². The van der Waals surface area contributed by atoms with E-state index in [0.717, 1.165) is 11.3 Å². The van der Waals surface area contributed by atoms with Crippen molar-refractivity contribution in [3.63, 3.8) is 0 Å². The van der Waals surface area contributed by atoms with Crippen molar-refractivity contribution in [1.29, 1.82) is 0 Å². The van der Waals surface area contributed by atoms with E-state index in [9.17, 15) is 4.79 Å². The molecule has 1 unspecified atom stereocenters. The van der Waals surface area contributed by atoms with Crippen LogP contribution in [0, 0.1) is 5.92 Å². The van der Waals surface area contributed by atoms with E-state index in [4.69, 9.17) is 10.5 Å². The van der Waals surface area contributed by atoms with Gasteiger partial charge >= 0.3 is 0 Å². The third kappa shape index (κ3) is 5.61. The fourth-order valence-corrected chi connectivity index (χ4v) is 1.93. The van der Waals surface area contributed by atoms with Gasteiger partial charge in [0.05, 0.1) is 12.6 Å². The van der Waals surface area contributed by atoms with E-state index >= 15 is 0 Å². The molecule has 1 aromatic rings. The van der Waals surface area contributed by atoms with E-state index in [1.165, 1.54) is 0 Å². The molecule has 0 aliphatic carbocycles. The molecule has 3 N–H and O–H groups in total. The molecule has 1 amide bonds. The van der Waals surface area contributed by atoms with Gasteiger partial charge in [0, 0.05) is 18.7 Å². The summed E-state index contributed by atoms with van der Waals surface area (Å²) in [6, 6.07) is 7.73. The lowest BCUT2D eigenvalue weighted by molar-refractivity contribution is -0.122. The maximum absolute atomic E-state index is 12.0. The number of hydrogen-bond acceptors (Lipinski definition) is 3. The number of carbonyl (C=O) groups excluding carboxylic acids is 1. The number of aryl methyl sites for hydroxylation is 1. The highest BCUT2D eigenvalue weighted by Gasteiger charge is 2.16. The fourth-order valence-electron chi connectivity index (χ4n) is 1.93. The van der Waals surface area contributed by atoms with Crippen LogP contribution < -0.4 is 11.1 Å². The van der Waals surface area contributed by atoms with Gasteiger partial charge in [0.25, 0.3) is 0 Å². The molecule has 0 radical (unpaired) electrons. The van der Waals surface area contributed by atoms with E-state index in [2.05, 4.69) is 19.2 Å². The number of rotatable bonds is 8. The molecule has 4 nitrogen and oxygen atoms in total. The first kappa shape index (κ1) is 16.5. The first-order valence-corrected chi connectivity index (χ1v) is 7.25. The smallest absolute Gasteiger partial charge is 0.220 e. The molecule has 0 aliphatic heterocycles. The summed E-state index contributed by atoms with van der Waals surface area (Å²) >= 11 is 0. The Bertz CT molecular complexity index is 419. The molecule has 1 atom stereocenters. The zero-order valence-electron chi connectivity index (χ0n) is 12.7. The monoisotopic (exact) mass is 278 g/mol.